The molecule has 40 heavy (non-hydrogen) atoms. The Hall–Kier alpha value is -0.610. The largest absolute Gasteiger partial charge is 0.464 e. The van der Waals surface area contributed by atoms with Gasteiger partial charge in [0, 0.05) is 19.5 Å². The van der Waals surface area contributed by atoms with Crippen LogP contribution in [0.3, 0.4) is 0 Å². The van der Waals surface area contributed by atoms with E-state index in [-0.39, 0.29) is 12.6 Å². The predicted octanol–water partition coefficient (Wildman–Crippen LogP) is 10.8. The highest BCUT2D eigenvalue weighted by Gasteiger charge is 2.07. The van der Waals surface area contributed by atoms with Gasteiger partial charge in [0.05, 0.1) is 6.61 Å². The zero-order chi connectivity index (χ0) is 29.2. The summed E-state index contributed by atoms with van der Waals surface area (Å²) >= 11 is 0. The van der Waals surface area contributed by atoms with E-state index in [9.17, 15) is 9.90 Å². The third-order valence-electron chi connectivity index (χ3n) is 8.40. The molecule has 4 nitrogen and oxygen atoms in total. The molecule has 1 N–H and O–H groups in total. The van der Waals surface area contributed by atoms with Crippen LogP contribution in [0.2, 0.25) is 0 Å². The van der Waals surface area contributed by atoms with Gasteiger partial charge in [-0.1, -0.05) is 174 Å². The number of rotatable bonds is 34. The third kappa shape index (κ3) is 31.9. The van der Waals surface area contributed by atoms with Crippen molar-refractivity contribution >= 4 is 5.97 Å². The Bertz CT molecular complexity index is 485. The molecule has 0 aromatic carbocycles. The fourth-order valence-corrected chi connectivity index (χ4v) is 5.65. The number of unbranched alkanes of at least 4 members (excludes halogenated alkanes) is 25. The number of hydrogen-bond acceptors (Lipinski definition) is 4. The van der Waals surface area contributed by atoms with Gasteiger partial charge < -0.3 is 9.84 Å². The number of hydrogen-bond donors (Lipinski definition) is 1. The lowest BCUT2D eigenvalue weighted by atomic mass is 10.0. The van der Waals surface area contributed by atoms with Gasteiger partial charge in [-0.3, -0.25) is 9.69 Å². The van der Waals surface area contributed by atoms with Crippen molar-refractivity contribution in [1.82, 2.24) is 4.90 Å². The Labute approximate surface area is 251 Å². The molecule has 0 fully saturated rings. The highest BCUT2D eigenvalue weighted by Crippen LogP contribution is 2.15. The van der Waals surface area contributed by atoms with E-state index in [4.69, 9.17) is 4.74 Å². The zero-order valence-electron chi connectivity index (χ0n) is 27.5. The van der Waals surface area contributed by atoms with Gasteiger partial charge in [0.2, 0.25) is 0 Å². The average molecular weight is 568 g/mol. The molecule has 0 aliphatic rings. The van der Waals surface area contributed by atoms with Gasteiger partial charge >= 0.3 is 5.97 Å². The first-order valence-corrected chi connectivity index (χ1v) is 18.2. The molecule has 0 radical (unpaired) electrons. The van der Waals surface area contributed by atoms with Gasteiger partial charge in [-0.15, -0.1) is 0 Å². The Morgan fingerprint density at radius 1 is 0.475 bits per heavy atom. The molecule has 4 heteroatoms. The maximum absolute atomic E-state index is 12.1. The van der Waals surface area contributed by atoms with E-state index in [0.717, 1.165) is 25.9 Å². The van der Waals surface area contributed by atoms with Crippen molar-refractivity contribution < 1.29 is 14.6 Å². The van der Waals surface area contributed by atoms with Crippen LogP contribution in [0.1, 0.15) is 194 Å². The van der Waals surface area contributed by atoms with E-state index < -0.39 is 0 Å². The number of carbonyl (C=O) groups is 1. The lowest BCUT2D eigenvalue weighted by Gasteiger charge is -2.21. The molecular weight excluding hydrogens is 494 g/mol. The molecule has 0 aromatic heterocycles. The molecule has 0 bridgehead atoms. The molecular formula is C36H73NO3. The molecule has 0 atom stereocenters. The molecule has 0 saturated carbocycles. The van der Waals surface area contributed by atoms with Crippen LogP contribution in [0.4, 0.5) is 0 Å². The Morgan fingerprint density at radius 2 is 0.825 bits per heavy atom. The molecule has 0 aromatic rings. The molecule has 0 amide bonds. The van der Waals surface area contributed by atoms with E-state index in [1.807, 2.05) is 0 Å². The molecule has 0 spiro atoms. The second-order valence-corrected chi connectivity index (χ2v) is 12.4. The number of aliphatic hydroxyl groups is 1. The van der Waals surface area contributed by atoms with Crippen LogP contribution in [0, 0.1) is 0 Å². The maximum Gasteiger partial charge on any atom is 0.305 e. The first kappa shape index (κ1) is 39.4. The lowest BCUT2D eigenvalue weighted by molar-refractivity contribution is -0.144. The quantitative estimate of drug-likeness (QED) is 0.0620. The second kappa shape index (κ2) is 34.6. The maximum atomic E-state index is 12.1. The van der Waals surface area contributed by atoms with Crippen LogP contribution in [-0.2, 0) is 9.53 Å². The summed E-state index contributed by atoms with van der Waals surface area (Å²) in [5.41, 5.74) is 0. The summed E-state index contributed by atoms with van der Waals surface area (Å²) in [6, 6.07) is 0. The van der Waals surface area contributed by atoms with Crippen LogP contribution >= 0.6 is 0 Å². The first-order valence-electron chi connectivity index (χ1n) is 18.2. The summed E-state index contributed by atoms with van der Waals surface area (Å²) in [6.07, 6.45) is 36.9. The Balaban J connectivity index is 3.45. The van der Waals surface area contributed by atoms with Crippen molar-refractivity contribution in [3.63, 3.8) is 0 Å². The summed E-state index contributed by atoms with van der Waals surface area (Å²) < 4.78 is 5.49. The highest BCUT2D eigenvalue weighted by molar-refractivity contribution is 5.69. The van der Waals surface area contributed by atoms with E-state index >= 15 is 0 Å². The second-order valence-electron chi connectivity index (χ2n) is 12.4. The van der Waals surface area contributed by atoms with Crippen LogP contribution in [0.5, 0.6) is 0 Å². The molecule has 0 aliphatic heterocycles. The standard InChI is InChI=1S/C36H73NO3/c1-3-5-7-9-11-13-15-16-17-18-19-20-21-22-24-26-28-30-36(39)40-35-33-37(32-34-38)31-29-27-25-23-14-12-10-8-6-4-2/h38H,3-35H2,1-2H3. The van der Waals surface area contributed by atoms with Crippen molar-refractivity contribution in [1.29, 1.82) is 0 Å². The van der Waals surface area contributed by atoms with Crippen LogP contribution < -0.4 is 0 Å². The van der Waals surface area contributed by atoms with Crippen molar-refractivity contribution in [2.24, 2.45) is 0 Å². The number of aliphatic hydroxyl groups excluding tert-OH is 1. The number of nitrogens with zero attached hydrogens (tertiary/aromatic N) is 1. The minimum absolute atomic E-state index is 0.0520. The molecule has 0 rings (SSSR count). The highest BCUT2D eigenvalue weighted by atomic mass is 16.5. The molecule has 0 saturated heterocycles. The van der Waals surface area contributed by atoms with Crippen molar-refractivity contribution in [3.8, 4) is 0 Å². The van der Waals surface area contributed by atoms with E-state index in [1.165, 1.54) is 161 Å². The summed E-state index contributed by atoms with van der Waals surface area (Å²) in [5.74, 6) is -0.0520. The zero-order valence-corrected chi connectivity index (χ0v) is 27.5. The molecule has 0 unspecified atom stereocenters. The van der Waals surface area contributed by atoms with E-state index in [0.29, 0.717) is 19.6 Å². The van der Waals surface area contributed by atoms with Gasteiger partial charge in [-0.2, -0.15) is 0 Å². The number of ether oxygens (including phenoxy) is 1. The van der Waals surface area contributed by atoms with Crippen LogP contribution in [0.25, 0.3) is 0 Å². The summed E-state index contributed by atoms with van der Waals surface area (Å²) in [5, 5.41) is 9.37. The molecule has 0 heterocycles. The summed E-state index contributed by atoms with van der Waals surface area (Å²) in [4.78, 5) is 14.3. The van der Waals surface area contributed by atoms with Gasteiger partial charge in [0.1, 0.15) is 6.61 Å². The SMILES string of the molecule is CCCCCCCCCCCCCCCCCCCC(=O)OCCN(CCO)CCCCCCCCCCCC. The van der Waals surface area contributed by atoms with Gasteiger partial charge in [0.15, 0.2) is 0 Å². The number of esters is 1. The van der Waals surface area contributed by atoms with E-state index in [2.05, 4.69) is 18.7 Å². The fraction of sp³-hybridized carbons (Fsp3) is 0.972. The van der Waals surface area contributed by atoms with E-state index in [1.54, 1.807) is 0 Å². The number of carbonyl (C=O) groups excluding carboxylic acids is 1. The normalized spacial score (nSPS) is 11.5. The van der Waals surface area contributed by atoms with Gasteiger partial charge in [-0.05, 0) is 19.4 Å². The topological polar surface area (TPSA) is 49.8 Å². The first-order chi connectivity index (χ1) is 19.7. The lowest BCUT2D eigenvalue weighted by Crippen LogP contribution is -2.32. The van der Waals surface area contributed by atoms with Crippen molar-refractivity contribution in [3.05, 3.63) is 0 Å². The minimum atomic E-state index is -0.0520. The van der Waals surface area contributed by atoms with Gasteiger partial charge in [-0.25, -0.2) is 0 Å². The Morgan fingerprint density at radius 3 is 1.20 bits per heavy atom. The third-order valence-corrected chi connectivity index (χ3v) is 8.40. The molecule has 240 valence electrons. The predicted molar refractivity (Wildman–Crippen MR) is 175 cm³/mol. The summed E-state index contributed by atoms with van der Waals surface area (Å²) in [7, 11) is 0. The molecule has 0 aliphatic carbocycles. The minimum Gasteiger partial charge on any atom is -0.464 e. The van der Waals surface area contributed by atoms with Crippen LogP contribution in [0.15, 0.2) is 0 Å². The van der Waals surface area contributed by atoms with Crippen molar-refractivity contribution in [2.75, 3.05) is 32.8 Å². The van der Waals surface area contributed by atoms with Crippen LogP contribution in [-0.4, -0.2) is 48.8 Å². The monoisotopic (exact) mass is 568 g/mol. The summed E-state index contributed by atoms with van der Waals surface area (Å²) in [6.45, 7) is 7.59. The fourth-order valence-electron chi connectivity index (χ4n) is 5.65. The smallest absolute Gasteiger partial charge is 0.305 e. The average Bonchev–Trinajstić information content (AvgIpc) is 2.95. The Kier molecular flexibility index (Phi) is 34.1. The van der Waals surface area contributed by atoms with Gasteiger partial charge in [0.25, 0.3) is 0 Å². The van der Waals surface area contributed by atoms with Crippen molar-refractivity contribution in [2.45, 2.75) is 194 Å².